The Morgan fingerprint density at radius 2 is 1.28 bits per heavy atom. The van der Waals surface area contributed by atoms with Crippen LogP contribution in [0.25, 0.3) is 0 Å². The number of benzene rings is 1. The van der Waals surface area contributed by atoms with E-state index < -0.39 is 16.6 Å². The lowest BCUT2D eigenvalue weighted by Crippen LogP contribution is -2.55. The standard InChI is InChI=1S/C33H59NO3Si2/c1-24(2)38(25(3)4,26(5)6)36-22-21-31-19-16-20-32(34(31)23-30-17-14-13-15-18-30)33(35)37-39(27(7)8,28(9)10)29(11)12/h13-19,24-29,31-32H,20-23H2,1-12H3/t31-,32+/m1/s1. The normalized spacial score (nSPS) is 19.3. The summed E-state index contributed by atoms with van der Waals surface area (Å²) in [6, 6.07) is 10.4. The summed E-state index contributed by atoms with van der Waals surface area (Å²) in [7, 11) is -4.27. The van der Waals surface area contributed by atoms with Crippen LogP contribution in [0.1, 0.15) is 101 Å². The third-order valence-electron chi connectivity index (χ3n) is 9.48. The van der Waals surface area contributed by atoms with Crippen molar-refractivity contribution >= 4 is 22.6 Å². The molecule has 0 spiro atoms. The number of carbonyl (C=O) groups is 1. The molecule has 1 aromatic carbocycles. The molecule has 222 valence electrons. The Hall–Kier alpha value is -1.22. The van der Waals surface area contributed by atoms with Gasteiger partial charge >= 0.3 is 5.97 Å². The second-order valence-electron chi connectivity index (χ2n) is 13.6. The van der Waals surface area contributed by atoms with Gasteiger partial charge in [0.25, 0.3) is 8.32 Å². The van der Waals surface area contributed by atoms with Gasteiger partial charge in [0.1, 0.15) is 6.04 Å². The zero-order chi connectivity index (χ0) is 29.5. The quantitative estimate of drug-likeness (QED) is 0.164. The predicted molar refractivity (Wildman–Crippen MR) is 172 cm³/mol. The third-order valence-corrected chi connectivity index (χ3v) is 21.6. The Morgan fingerprint density at radius 3 is 1.74 bits per heavy atom. The van der Waals surface area contributed by atoms with E-state index in [4.69, 9.17) is 8.85 Å². The summed E-state index contributed by atoms with van der Waals surface area (Å²) in [5, 5.41) is 0. The molecule has 0 radical (unpaired) electrons. The van der Waals surface area contributed by atoms with Crippen LogP contribution >= 0.6 is 0 Å². The Labute approximate surface area is 243 Å². The molecule has 0 unspecified atom stereocenters. The molecule has 0 aromatic heterocycles. The lowest BCUT2D eigenvalue weighted by molar-refractivity contribution is -0.143. The van der Waals surface area contributed by atoms with Crippen LogP contribution in [0.5, 0.6) is 0 Å². The Balaban J connectivity index is 2.36. The smallest absolute Gasteiger partial charge is 0.310 e. The van der Waals surface area contributed by atoms with Crippen molar-refractivity contribution in [3.8, 4) is 0 Å². The molecular formula is C33H59NO3Si2. The average Bonchev–Trinajstić information content (AvgIpc) is 2.85. The first-order valence-corrected chi connectivity index (χ1v) is 19.8. The first kappa shape index (κ1) is 34.0. The van der Waals surface area contributed by atoms with Gasteiger partial charge in [-0.1, -0.05) is 126 Å². The maximum Gasteiger partial charge on any atom is 0.310 e. The second kappa shape index (κ2) is 14.6. The van der Waals surface area contributed by atoms with Crippen LogP contribution in [-0.2, 0) is 20.2 Å². The van der Waals surface area contributed by atoms with Gasteiger partial charge < -0.3 is 8.85 Å². The summed E-state index contributed by atoms with van der Waals surface area (Å²) in [4.78, 5) is 16.5. The van der Waals surface area contributed by atoms with Gasteiger partial charge in [0.05, 0.1) is 0 Å². The van der Waals surface area contributed by atoms with E-state index in [1.54, 1.807) is 0 Å². The molecule has 39 heavy (non-hydrogen) atoms. The molecule has 0 fully saturated rings. The Kier molecular flexibility index (Phi) is 12.7. The molecule has 2 rings (SSSR count). The van der Waals surface area contributed by atoms with Crippen LogP contribution in [0.4, 0.5) is 0 Å². The fraction of sp³-hybridized carbons (Fsp3) is 0.727. The first-order chi connectivity index (χ1) is 18.2. The van der Waals surface area contributed by atoms with Crippen molar-refractivity contribution in [2.45, 2.75) is 148 Å². The third kappa shape index (κ3) is 7.55. The van der Waals surface area contributed by atoms with Crippen LogP contribution in [-0.4, -0.2) is 46.2 Å². The number of nitrogens with zero attached hydrogens (tertiary/aromatic N) is 1. The number of hydrogen-bond donors (Lipinski definition) is 0. The first-order valence-electron chi connectivity index (χ1n) is 15.5. The van der Waals surface area contributed by atoms with E-state index >= 15 is 0 Å². The van der Waals surface area contributed by atoms with E-state index in [2.05, 4.69) is 130 Å². The van der Waals surface area contributed by atoms with E-state index in [0.29, 0.717) is 39.7 Å². The molecule has 0 saturated carbocycles. The number of hydrogen-bond acceptors (Lipinski definition) is 4. The molecule has 0 amide bonds. The van der Waals surface area contributed by atoms with E-state index in [-0.39, 0.29) is 18.1 Å². The largest absolute Gasteiger partial charge is 0.517 e. The Bertz CT molecular complexity index is 867. The molecule has 1 aliphatic heterocycles. The lowest BCUT2D eigenvalue weighted by atomic mass is 9.99. The number of carbonyl (C=O) groups excluding carboxylic acids is 1. The van der Waals surface area contributed by atoms with Gasteiger partial charge in [-0.2, -0.15) is 0 Å². The van der Waals surface area contributed by atoms with E-state index in [0.717, 1.165) is 19.6 Å². The number of rotatable bonds is 14. The van der Waals surface area contributed by atoms with Crippen molar-refractivity contribution in [2.75, 3.05) is 6.61 Å². The van der Waals surface area contributed by atoms with Gasteiger partial charge in [0.15, 0.2) is 8.32 Å². The maximum absolute atomic E-state index is 14.1. The zero-order valence-electron chi connectivity index (χ0n) is 27.2. The predicted octanol–water partition coefficient (Wildman–Crippen LogP) is 9.49. The molecule has 1 aliphatic rings. The maximum atomic E-state index is 14.1. The van der Waals surface area contributed by atoms with Crippen LogP contribution in [0.3, 0.4) is 0 Å². The summed E-state index contributed by atoms with van der Waals surface area (Å²) in [5.41, 5.74) is 4.01. The van der Waals surface area contributed by atoms with Crippen LogP contribution in [0, 0.1) is 0 Å². The van der Waals surface area contributed by atoms with Crippen molar-refractivity contribution in [3.63, 3.8) is 0 Å². The highest BCUT2D eigenvalue weighted by Gasteiger charge is 2.50. The average molecular weight is 574 g/mol. The van der Waals surface area contributed by atoms with E-state index in [1.807, 2.05) is 0 Å². The molecular weight excluding hydrogens is 515 g/mol. The summed E-state index contributed by atoms with van der Waals surface area (Å²) in [6.45, 7) is 29.0. The molecule has 0 saturated heterocycles. The molecule has 4 nitrogen and oxygen atoms in total. The SMILES string of the molecule is CC(C)[Si](OCC[C@H]1C=CC[C@@H](C(=O)O[Si](C(C)C)(C(C)C)C(C)C)N1Cc1ccccc1)(C(C)C)C(C)C. The van der Waals surface area contributed by atoms with Gasteiger partial charge in [0, 0.05) is 19.2 Å². The van der Waals surface area contributed by atoms with E-state index in [9.17, 15) is 4.79 Å². The van der Waals surface area contributed by atoms with Crippen LogP contribution < -0.4 is 0 Å². The minimum Gasteiger partial charge on any atom is -0.517 e. The second-order valence-corrected chi connectivity index (χ2v) is 24.4. The molecule has 6 heteroatoms. The monoisotopic (exact) mass is 573 g/mol. The molecule has 1 heterocycles. The fourth-order valence-electron chi connectivity index (χ4n) is 7.81. The molecule has 0 N–H and O–H groups in total. The van der Waals surface area contributed by atoms with Gasteiger partial charge in [-0.15, -0.1) is 0 Å². The van der Waals surface area contributed by atoms with Crippen LogP contribution in [0.15, 0.2) is 42.5 Å². The summed E-state index contributed by atoms with van der Waals surface area (Å²) in [6.07, 6.45) is 6.09. The van der Waals surface area contributed by atoms with Crippen molar-refractivity contribution < 1.29 is 13.6 Å². The van der Waals surface area contributed by atoms with Gasteiger partial charge in [-0.05, 0) is 51.7 Å². The Morgan fingerprint density at radius 1 is 0.795 bits per heavy atom. The lowest BCUT2D eigenvalue weighted by Gasteiger charge is -2.45. The minimum absolute atomic E-state index is 0.0285. The topological polar surface area (TPSA) is 38.8 Å². The highest BCUT2D eigenvalue weighted by molar-refractivity contribution is 6.79. The van der Waals surface area contributed by atoms with Crippen molar-refractivity contribution in [1.82, 2.24) is 4.90 Å². The summed E-state index contributed by atoms with van der Waals surface area (Å²) in [5.74, 6) is -0.0285. The van der Waals surface area contributed by atoms with Gasteiger partial charge in [0.2, 0.25) is 0 Å². The molecule has 1 aromatic rings. The van der Waals surface area contributed by atoms with Crippen molar-refractivity contribution in [1.29, 1.82) is 0 Å². The van der Waals surface area contributed by atoms with Crippen molar-refractivity contribution in [3.05, 3.63) is 48.0 Å². The highest BCUT2D eigenvalue weighted by Crippen LogP contribution is 2.44. The summed E-state index contributed by atoms with van der Waals surface area (Å²) < 4.78 is 13.7. The summed E-state index contributed by atoms with van der Waals surface area (Å²) >= 11 is 0. The fourth-order valence-corrected chi connectivity index (χ4v) is 18.5. The van der Waals surface area contributed by atoms with Crippen molar-refractivity contribution in [2.24, 2.45) is 0 Å². The van der Waals surface area contributed by atoms with Gasteiger partial charge in [-0.25, -0.2) is 0 Å². The molecule has 0 aliphatic carbocycles. The highest BCUT2D eigenvalue weighted by atomic mass is 28.4. The molecule has 2 atom stereocenters. The molecule has 0 bridgehead atoms. The zero-order valence-corrected chi connectivity index (χ0v) is 29.2. The minimum atomic E-state index is -2.33. The van der Waals surface area contributed by atoms with E-state index in [1.165, 1.54) is 5.56 Å². The van der Waals surface area contributed by atoms with Gasteiger partial charge in [-0.3, -0.25) is 9.69 Å². The van der Waals surface area contributed by atoms with Crippen LogP contribution in [0.2, 0.25) is 33.2 Å².